The summed E-state index contributed by atoms with van der Waals surface area (Å²) in [5.41, 5.74) is 0.680. The van der Waals surface area contributed by atoms with E-state index >= 15 is 0 Å². The van der Waals surface area contributed by atoms with Crippen molar-refractivity contribution in [3.63, 3.8) is 0 Å². The number of hydrogen-bond donors (Lipinski definition) is 3. The number of nitrogens with one attached hydrogen (secondary N) is 1. The zero-order chi connectivity index (χ0) is 13.4. The van der Waals surface area contributed by atoms with Gasteiger partial charge in [-0.15, -0.1) is 0 Å². The molecule has 6 nitrogen and oxygen atoms in total. The fourth-order valence-corrected chi connectivity index (χ4v) is 2.31. The van der Waals surface area contributed by atoms with Crippen molar-refractivity contribution in [3.8, 4) is 0 Å². The lowest BCUT2D eigenvalue weighted by Crippen LogP contribution is -2.36. The Bertz CT molecular complexity index is 542. The highest BCUT2D eigenvalue weighted by Crippen LogP contribution is 2.33. The fraction of sp³-hybridized carbons (Fsp3) is 0.182. The van der Waals surface area contributed by atoms with Gasteiger partial charge < -0.3 is 15.5 Å². The molecule has 3 N–H and O–H groups in total. The summed E-state index contributed by atoms with van der Waals surface area (Å²) in [7, 11) is 0. The van der Waals surface area contributed by atoms with Crippen molar-refractivity contribution in [2.24, 2.45) is 5.92 Å². The van der Waals surface area contributed by atoms with Gasteiger partial charge in [-0.2, -0.15) is 0 Å². The van der Waals surface area contributed by atoms with Crippen molar-refractivity contribution >= 4 is 33.8 Å². The number of carboxylic acid groups (broad SMARTS) is 2. The number of hydrogen-bond acceptors (Lipinski definition) is 3. The number of aliphatic carboxylic acids is 2. The highest BCUT2D eigenvalue weighted by atomic mass is 79.9. The topological polar surface area (TPSA) is 104 Å². The molecule has 0 saturated heterocycles. The Balaban J connectivity index is 2.48. The number of carbonyl (C=O) groups excluding carboxylic acids is 1. The largest absolute Gasteiger partial charge is 0.481 e. The summed E-state index contributed by atoms with van der Waals surface area (Å²) in [6.07, 6.45) is 0. The molecule has 1 aromatic carbocycles. The van der Waals surface area contributed by atoms with E-state index in [2.05, 4.69) is 21.2 Å². The summed E-state index contributed by atoms with van der Waals surface area (Å²) < 4.78 is 0.666. The summed E-state index contributed by atoms with van der Waals surface area (Å²) in [4.78, 5) is 33.6. The second-order valence-corrected chi connectivity index (χ2v) is 4.75. The number of rotatable bonds is 3. The molecule has 1 atom stereocenters. The van der Waals surface area contributed by atoms with Gasteiger partial charge in [0.05, 0.1) is 6.04 Å². The van der Waals surface area contributed by atoms with Crippen LogP contribution < -0.4 is 5.32 Å². The van der Waals surface area contributed by atoms with E-state index in [-0.39, 0.29) is 0 Å². The predicted molar refractivity (Wildman–Crippen MR) is 63.1 cm³/mol. The summed E-state index contributed by atoms with van der Waals surface area (Å²) in [6.45, 7) is 0. The molecule has 94 valence electrons. The lowest BCUT2D eigenvalue weighted by atomic mass is 9.93. The molecule has 0 aliphatic carbocycles. The Morgan fingerprint density at radius 3 is 2.44 bits per heavy atom. The monoisotopic (exact) mass is 313 g/mol. The third-order valence-corrected chi connectivity index (χ3v) is 3.24. The summed E-state index contributed by atoms with van der Waals surface area (Å²) in [6, 6.07) is 3.66. The number of amides is 1. The van der Waals surface area contributed by atoms with Gasteiger partial charge in [0.15, 0.2) is 5.92 Å². The third-order valence-electron chi connectivity index (χ3n) is 2.75. The lowest BCUT2D eigenvalue weighted by Gasteiger charge is -2.16. The van der Waals surface area contributed by atoms with Crippen molar-refractivity contribution in [1.29, 1.82) is 0 Å². The minimum absolute atomic E-state index is 0.293. The van der Waals surface area contributed by atoms with Crippen LogP contribution in [-0.4, -0.2) is 28.1 Å². The number of carboxylic acids is 2. The molecule has 1 amide bonds. The second kappa shape index (κ2) is 4.41. The first-order chi connectivity index (χ1) is 8.41. The van der Waals surface area contributed by atoms with Crippen molar-refractivity contribution in [2.45, 2.75) is 6.04 Å². The van der Waals surface area contributed by atoms with Crippen LogP contribution in [0, 0.1) is 5.92 Å². The molecule has 0 aromatic heterocycles. The van der Waals surface area contributed by atoms with Crippen molar-refractivity contribution in [3.05, 3.63) is 33.8 Å². The van der Waals surface area contributed by atoms with E-state index in [1.165, 1.54) is 6.07 Å². The van der Waals surface area contributed by atoms with E-state index in [9.17, 15) is 14.4 Å². The van der Waals surface area contributed by atoms with Crippen molar-refractivity contribution < 1.29 is 24.6 Å². The van der Waals surface area contributed by atoms with E-state index in [0.717, 1.165) is 0 Å². The maximum absolute atomic E-state index is 11.7. The standard InChI is InChI=1S/C11H8BrNO5/c12-4-1-2-5-6(3-4)9(14)13-8(5)7(10(15)16)11(17)18/h1-3,7-8H,(H,13,14)(H,15,16)(H,17,18)/t8-/m1/s1. The van der Waals surface area contributed by atoms with Gasteiger partial charge in [0.2, 0.25) is 0 Å². The van der Waals surface area contributed by atoms with Gasteiger partial charge in [0.1, 0.15) is 0 Å². The molecule has 2 rings (SSSR count). The van der Waals surface area contributed by atoms with Crippen LogP contribution in [0.3, 0.4) is 0 Å². The van der Waals surface area contributed by atoms with Crippen LogP contribution in [0.15, 0.2) is 22.7 Å². The van der Waals surface area contributed by atoms with Gasteiger partial charge >= 0.3 is 11.9 Å². The molecule has 0 bridgehead atoms. The molecule has 18 heavy (non-hydrogen) atoms. The molecule has 1 aliphatic heterocycles. The average molecular weight is 314 g/mol. The third kappa shape index (κ3) is 1.97. The maximum atomic E-state index is 11.7. The van der Waals surface area contributed by atoms with Crippen LogP contribution in [0.5, 0.6) is 0 Å². The predicted octanol–water partition coefficient (Wildman–Crippen LogP) is 1.02. The SMILES string of the molecule is O=C1N[C@@H](C(C(=O)O)C(=O)O)c2ccc(Br)cc21. The minimum atomic E-state index is -1.70. The number of fused-ring (bicyclic) bond motifs is 1. The smallest absolute Gasteiger partial charge is 0.320 e. The van der Waals surface area contributed by atoms with Crippen LogP contribution in [0.2, 0.25) is 0 Å². The highest BCUT2D eigenvalue weighted by Gasteiger charge is 2.42. The first-order valence-corrected chi connectivity index (χ1v) is 5.77. The Kier molecular flexibility index (Phi) is 3.08. The van der Waals surface area contributed by atoms with E-state index in [4.69, 9.17) is 10.2 Å². The Labute approximate surface area is 110 Å². The van der Waals surface area contributed by atoms with Gasteiger partial charge in [-0.05, 0) is 17.7 Å². The molecule has 0 fully saturated rings. The summed E-state index contributed by atoms with van der Waals surface area (Å²) in [5, 5.41) is 20.2. The number of carbonyl (C=O) groups is 3. The van der Waals surface area contributed by atoms with Gasteiger partial charge in [-0.3, -0.25) is 14.4 Å². The molecular formula is C11H8BrNO5. The van der Waals surface area contributed by atoms with E-state index in [0.29, 0.717) is 15.6 Å². The molecule has 0 unspecified atom stereocenters. The van der Waals surface area contributed by atoms with Crippen LogP contribution in [-0.2, 0) is 9.59 Å². The molecule has 0 saturated carbocycles. The van der Waals surface area contributed by atoms with Crippen molar-refractivity contribution in [1.82, 2.24) is 5.32 Å². The zero-order valence-electron chi connectivity index (χ0n) is 8.88. The van der Waals surface area contributed by atoms with E-state index in [1.807, 2.05) is 0 Å². The Morgan fingerprint density at radius 2 is 1.89 bits per heavy atom. The molecule has 1 heterocycles. The van der Waals surface area contributed by atoms with Gasteiger partial charge in [0, 0.05) is 10.0 Å². The van der Waals surface area contributed by atoms with Crippen LogP contribution in [0.1, 0.15) is 22.0 Å². The molecule has 0 radical (unpaired) electrons. The van der Waals surface area contributed by atoms with Gasteiger partial charge in [-0.25, -0.2) is 0 Å². The van der Waals surface area contributed by atoms with Crippen LogP contribution in [0.25, 0.3) is 0 Å². The molecule has 1 aromatic rings. The quantitative estimate of drug-likeness (QED) is 0.723. The fourth-order valence-electron chi connectivity index (χ4n) is 1.95. The second-order valence-electron chi connectivity index (χ2n) is 3.84. The van der Waals surface area contributed by atoms with E-state index in [1.54, 1.807) is 12.1 Å². The molecular weight excluding hydrogens is 306 g/mol. The van der Waals surface area contributed by atoms with Gasteiger partial charge in [0.25, 0.3) is 5.91 Å². The van der Waals surface area contributed by atoms with Crippen LogP contribution >= 0.6 is 15.9 Å². The van der Waals surface area contributed by atoms with E-state index < -0.39 is 29.8 Å². The molecule has 7 heteroatoms. The average Bonchev–Trinajstić information content (AvgIpc) is 2.55. The van der Waals surface area contributed by atoms with Crippen molar-refractivity contribution in [2.75, 3.05) is 0 Å². The first kappa shape index (κ1) is 12.6. The van der Waals surface area contributed by atoms with Gasteiger partial charge in [-0.1, -0.05) is 22.0 Å². The number of benzene rings is 1. The maximum Gasteiger partial charge on any atom is 0.320 e. The summed E-state index contributed by atoms with van der Waals surface area (Å²) >= 11 is 3.19. The normalized spacial score (nSPS) is 17.4. The summed E-state index contributed by atoms with van der Waals surface area (Å²) in [5.74, 6) is -5.13. The Morgan fingerprint density at radius 1 is 1.28 bits per heavy atom. The lowest BCUT2D eigenvalue weighted by molar-refractivity contribution is -0.155. The first-order valence-electron chi connectivity index (χ1n) is 4.97. The zero-order valence-corrected chi connectivity index (χ0v) is 10.5. The minimum Gasteiger partial charge on any atom is -0.481 e. The number of halogens is 1. The van der Waals surface area contributed by atoms with Crippen LogP contribution in [0.4, 0.5) is 0 Å². The molecule has 0 spiro atoms. The molecule has 1 aliphatic rings. The highest BCUT2D eigenvalue weighted by molar-refractivity contribution is 9.10. The Hall–Kier alpha value is -1.89.